The van der Waals surface area contributed by atoms with Gasteiger partial charge in [-0.15, -0.1) is 0 Å². The van der Waals surface area contributed by atoms with E-state index >= 15 is 0 Å². The first-order valence-corrected chi connectivity index (χ1v) is 10.5. The van der Waals surface area contributed by atoms with Crippen LogP contribution in [0.5, 0.6) is 0 Å². The molecule has 5 aliphatic rings. The Bertz CT molecular complexity index is 709. The maximum atomic E-state index is 12.0. The molecule has 1 aliphatic heterocycles. The Morgan fingerprint density at radius 3 is 2.26 bits per heavy atom. The van der Waals surface area contributed by atoms with Crippen molar-refractivity contribution in [2.75, 3.05) is 23.3 Å². The van der Waals surface area contributed by atoms with E-state index in [9.17, 15) is 10.1 Å². The van der Waals surface area contributed by atoms with Crippen molar-refractivity contribution in [1.29, 1.82) is 0 Å². The molecule has 146 valence electrons. The van der Waals surface area contributed by atoms with Gasteiger partial charge in [0.2, 0.25) is 11.6 Å². The van der Waals surface area contributed by atoms with Gasteiger partial charge in [-0.2, -0.15) is 0 Å². The number of hydrogen-bond acceptors (Lipinski definition) is 6. The zero-order valence-corrected chi connectivity index (χ0v) is 16.1. The number of nitrogens with zero attached hydrogens (tertiary/aromatic N) is 4. The van der Waals surface area contributed by atoms with Crippen molar-refractivity contribution < 1.29 is 4.92 Å². The molecule has 1 saturated heterocycles. The van der Waals surface area contributed by atoms with Gasteiger partial charge in [0.1, 0.15) is 6.33 Å². The van der Waals surface area contributed by atoms with Crippen LogP contribution >= 0.6 is 0 Å². The van der Waals surface area contributed by atoms with E-state index in [1.807, 2.05) is 0 Å². The molecule has 4 saturated carbocycles. The first-order chi connectivity index (χ1) is 13.0. The Morgan fingerprint density at radius 1 is 1.11 bits per heavy atom. The molecule has 4 aliphatic carbocycles. The number of hydrogen-bond donors (Lipinski definition) is 1. The summed E-state index contributed by atoms with van der Waals surface area (Å²) >= 11 is 0. The lowest BCUT2D eigenvalue weighted by Crippen LogP contribution is -2.55. The van der Waals surface area contributed by atoms with Gasteiger partial charge in [0, 0.05) is 18.6 Å². The topological polar surface area (TPSA) is 84.2 Å². The Labute approximate surface area is 160 Å². The van der Waals surface area contributed by atoms with Gasteiger partial charge in [0.25, 0.3) is 0 Å². The van der Waals surface area contributed by atoms with E-state index in [0.717, 1.165) is 62.9 Å². The molecular weight excluding hydrogens is 342 g/mol. The Balaban J connectivity index is 1.46. The fourth-order valence-electron chi connectivity index (χ4n) is 6.60. The number of aromatic nitrogens is 2. The van der Waals surface area contributed by atoms with Gasteiger partial charge < -0.3 is 10.2 Å². The predicted octanol–water partition coefficient (Wildman–Crippen LogP) is 4.00. The summed E-state index contributed by atoms with van der Waals surface area (Å²) in [6.07, 6.45) is 11.1. The van der Waals surface area contributed by atoms with E-state index in [4.69, 9.17) is 0 Å². The first-order valence-electron chi connectivity index (χ1n) is 10.5. The molecule has 1 aromatic rings. The van der Waals surface area contributed by atoms with Crippen molar-refractivity contribution in [3.63, 3.8) is 0 Å². The SMILES string of the molecule is CC1CCN(c2ncnc(NC34CC5CC(CC(C5)C3)C4)c2[N+](=O)[O-])CC1. The number of rotatable bonds is 4. The Morgan fingerprint density at radius 2 is 1.70 bits per heavy atom. The summed E-state index contributed by atoms with van der Waals surface area (Å²) < 4.78 is 0. The smallest absolute Gasteiger partial charge is 0.353 e. The molecule has 1 N–H and O–H groups in total. The molecule has 1 aromatic heterocycles. The summed E-state index contributed by atoms with van der Waals surface area (Å²) in [7, 11) is 0. The van der Waals surface area contributed by atoms with Gasteiger partial charge in [0.05, 0.1) is 4.92 Å². The van der Waals surface area contributed by atoms with Gasteiger partial charge in [0.15, 0.2) is 0 Å². The van der Waals surface area contributed by atoms with Gasteiger partial charge in [-0.3, -0.25) is 10.1 Å². The number of nitrogens with one attached hydrogen (secondary N) is 1. The molecule has 7 nitrogen and oxygen atoms in total. The molecule has 4 bridgehead atoms. The maximum Gasteiger partial charge on any atom is 0.353 e. The van der Waals surface area contributed by atoms with Crippen molar-refractivity contribution in [2.24, 2.45) is 23.7 Å². The van der Waals surface area contributed by atoms with Crippen LogP contribution in [0, 0.1) is 33.8 Å². The summed E-state index contributed by atoms with van der Waals surface area (Å²) in [5.41, 5.74) is 0.0736. The molecule has 7 heteroatoms. The average molecular weight is 371 g/mol. The normalized spacial score (nSPS) is 35.4. The van der Waals surface area contributed by atoms with E-state index < -0.39 is 0 Å². The molecule has 0 amide bonds. The third-order valence-corrected chi connectivity index (χ3v) is 7.49. The minimum atomic E-state index is -0.282. The minimum Gasteiger partial charge on any atom is -0.359 e. The molecular formula is C20H29N5O2. The molecule has 0 aromatic carbocycles. The quantitative estimate of drug-likeness (QED) is 0.636. The lowest BCUT2D eigenvalue weighted by atomic mass is 9.53. The lowest BCUT2D eigenvalue weighted by Gasteiger charge is -2.57. The Hall–Kier alpha value is -1.92. The third kappa shape index (κ3) is 3.05. The van der Waals surface area contributed by atoms with Crippen molar-refractivity contribution in [3.8, 4) is 0 Å². The second-order valence-corrected chi connectivity index (χ2v) is 9.64. The molecule has 5 fully saturated rings. The Kier molecular flexibility index (Phi) is 4.02. The summed E-state index contributed by atoms with van der Waals surface area (Å²) in [6, 6.07) is 0. The second-order valence-electron chi connectivity index (χ2n) is 9.64. The zero-order chi connectivity index (χ0) is 18.6. The van der Waals surface area contributed by atoms with Crippen LogP contribution in [0.3, 0.4) is 0 Å². The lowest BCUT2D eigenvalue weighted by molar-refractivity contribution is -0.383. The molecule has 0 unspecified atom stereocenters. The van der Waals surface area contributed by atoms with Gasteiger partial charge in [-0.05, 0) is 75.0 Å². The maximum absolute atomic E-state index is 12.0. The summed E-state index contributed by atoms with van der Waals surface area (Å²) in [6.45, 7) is 3.90. The van der Waals surface area contributed by atoms with Crippen molar-refractivity contribution in [3.05, 3.63) is 16.4 Å². The standard InChI is InChI=1S/C20H29N5O2/c1-13-2-4-24(5-3-13)19-17(25(26)27)18(21-12-22-19)23-20-9-14-6-15(10-20)8-16(7-14)11-20/h12-16H,2-11H2,1H3,(H,21,22,23). The first kappa shape index (κ1) is 17.2. The van der Waals surface area contributed by atoms with Crippen molar-refractivity contribution >= 4 is 17.3 Å². The van der Waals surface area contributed by atoms with Crippen LogP contribution in [0.4, 0.5) is 17.3 Å². The van der Waals surface area contributed by atoms with Crippen LogP contribution < -0.4 is 10.2 Å². The highest BCUT2D eigenvalue weighted by atomic mass is 16.6. The van der Waals surface area contributed by atoms with Crippen molar-refractivity contribution in [2.45, 2.75) is 63.8 Å². The monoisotopic (exact) mass is 371 g/mol. The highest BCUT2D eigenvalue weighted by Crippen LogP contribution is 2.57. The fourth-order valence-corrected chi connectivity index (χ4v) is 6.60. The van der Waals surface area contributed by atoms with Crippen LogP contribution in [-0.2, 0) is 0 Å². The van der Waals surface area contributed by atoms with E-state index in [0.29, 0.717) is 17.6 Å². The van der Waals surface area contributed by atoms with Crippen LogP contribution in [-0.4, -0.2) is 33.5 Å². The average Bonchev–Trinajstić information content (AvgIpc) is 2.60. The largest absolute Gasteiger partial charge is 0.359 e. The van der Waals surface area contributed by atoms with Crippen LogP contribution in [0.2, 0.25) is 0 Å². The van der Waals surface area contributed by atoms with Gasteiger partial charge in [-0.1, -0.05) is 6.92 Å². The van der Waals surface area contributed by atoms with Crippen LogP contribution in [0.15, 0.2) is 6.33 Å². The van der Waals surface area contributed by atoms with Crippen LogP contribution in [0.1, 0.15) is 58.3 Å². The van der Waals surface area contributed by atoms with E-state index in [2.05, 4.69) is 27.1 Å². The molecule has 27 heavy (non-hydrogen) atoms. The highest BCUT2D eigenvalue weighted by molar-refractivity contribution is 5.71. The summed E-state index contributed by atoms with van der Waals surface area (Å²) in [4.78, 5) is 22.5. The summed E-state index contributed by atoms with van der Waals surface area (Å²) in [5, 5.41) is 15.6. The van der Waals surface area contributed by atoms with E-state index in [-0.39, 0.29) is 16.1 Å². The molecule has 0 radical (unpaired) electrons. The van der Waals surface area contributed by atoms with E-state index in [1.54, 1.807) is 0 Å². The molecule has 6 rings (SSSR count). The van der Waals surface area contributed by atoms with Crippen LogP contribution in [0.25, 0.3) is 0 Å². The number of anilines is 2. The molecule has 2 heterocycles. The van der Waals surface area contributed by atoms with Crippen molar-refractivity contribution in [1.82, 2.24) is 9.97 Å². The minimum absolute atomic E-state index is 0.00153. The molecule has 0 atom stereocenters. The summed E-state index contributed by atoms with van der Waals surface area (Å²) in [5.74, 6) is 3.96. The highest BCUT2D eigenvalue weighted by Gasteiger charge is 2.51. The number of piperidine rings is 1. The third-order valence-electron chi connectivity index (χ3n) is 7.49. The van der Waals surface area contributed by atoms with E-state index in [1.165, 1.54) is 25.6 Å². The second kappa shape index (κ2) is 6.31. The zero-order valence-electron chi connectivity index (χ0n) is 16.1. The fraction of sp³-hybridized carbons (Fsp3) is 0.800. The predicted molar refractivity (Wildman–Crippen MR) is 104 cm³/mol. The molecule has 0 spiro atoms. The van der Waals surface area contributed by atoms with Gasteiger partial charge in [-0.25, -0.2) is 9.97 Å². The number of nitro groups is 1. The van der Waals surface area contributed by atoms with Gasteiger partial charge >= 0.3 is 5.69 Å².